The van der Waals surface area contributed by atoms with Gasteiger partial charge in [-0.2, -0.15) is 0 Å². The van der Waals surface area contributed by atoms with Crippen molar-refractivity contribution in [2.75, 3.05) is 13.1 Å². The number of benzene rings is 2. The first-order chi connectivity index (χ1) is 17.0. The fourth-order valence-electron chi connectivity index (χ4n) is 6.10. The summed E-state index contributed by atoms with van der Waals surface area (Å²) in [7, 11) is 0. The van der Waals surface area contributed by atoms with E-state index >= 15 is 0 Å². The lowest BCUT2D eigenvalue weighted by atomic mass is 9.76. The highest BCUT2D eigenvalue weighted by Crippen LogP contribution is 2.51. The second-order valence-corrected chi connectivity index (χ2v) is 10.2. The smallest absolute Gasteiger partial charge is 0.230 e. The Bertz CT molecular complexity index is 1280. The zero-order valence-electron chi connectivity index (χ0n) is 19.9. The fraction of sp³-hybridized carbons (Fsp3) is 0.379. The zero-order chi connectivity index (χ0) is 24.0. The van der Waals surface area contributed by atoms with Crippen LogP contribution in [0.1, 0.15) is 24.5 Å². The molecule has 4 heterocycles. The molecule has 180 valence electrons. The molecule has 3 aliphatic rings. The van der Waals surface area contributed by atoms with Gasteiger partial charge >= 0.3 is 0 Å². The van der Waals surface area contributed by atoms with Crippen LogP contribution in [-0.4, -0.2) is 52.5 Å². The van der Waals surface area contributed by atoms with Crippen LogP contribution in [0.5, 0.6) is 0 Å². The first-order valence-electron chi connectivity index (χ1n) is 12.6. The van der Waals surface area contributed by atoms with Crippen molar-refractivity contribution in [3.63, 3.8) is 0 Å². The molecule has 2 N–H and O–H groups in total. The lowest BCUT2D eigenvalue weighted by Crippen LogP contribution is -2.46. The molecule has 6 rings (SSSR count). The van der Waals surface area contributed by atoms with Gasteiger partial charge in [0.25, 0.3) is 0 Å². The van der Waals surface area contributed by atoms with E-state index in [4.69, 9.17) is 4.74 Å². The first-order valence-corrected chi connectivity index (χ1v) is 12.6. The summed E-state index contributed by atoms with van der Waals surface area (Å²) < 4.78 is 6.30. The number of carbonyl (C=O) groups excluding carboxylic acids is 2. The molecule has 35 heavy (non-hydrogen) atoms. The monoisotopic (exact) mass is 469 g/mol. The predicted octanol–water partition coefficient (Wildman–Crippen LogP) is 3.63. The van der Waals surface area contributed by atoms with Crippen molar-refractivity contribution >= 4 is 22.7 Å². The number of likely N-dealkylation sites (tertiary alicyclic amines) is 1. The highest BCUT2D eigenvalue weighted by Gasteiger charge is 2.66. The summed E-state index contributed by atoms with van der Waals surface area (Å²) in [6, 6.07) is 18.5. The van der Waals surface area contributed by atoms with Gasteiger partial charge in [-0.15, -0.1) is 0 Å². The lowest BCUT2D eigenvalue weighted by molar-refractivity contribution is -0.137. The van der Waals surface area contributed by atoms with Gasteiger partial charge in [-0.25, -0.2) is 0 Å². The van der Waals surface area contributed by atoms with Gasteiger partial charge in [0.2, 0.25) is 11.8 Å². The second-order valence-electron chi connectivity index (χ2n) is 10.2. The number of H-pyrrole nitrogens is 1. The molecule has 2 aromatic carbocycles. The summed E-state index contributed by atoms with van der Waals surface area (Å²) in [4.78, 5) is 32.1. The minimum atomic E-state index is -0.669. The van der Waals surface area contributed by atoms with E-state index in [9.17, 15) is 9.59 Å². The standard InChI is InChI=1S/C29H31N3O3/c1-19(11-12-20-7-3-2-4-8-20)31-27(33)25-24-13-15-29(35-24)18-32(28(34)26(25)29)16-14-21-17-30-23-10-6-5-9-22(21)23/h2-10,13,15,17,19,24-26,30H,11-12,14,16,18H2,1H3,(H,31,33)/t19-,24-,25+,26+,29+/m1/s1. The predicted molar refractivity (Wildman–Crippen MR) is 135 cm³/mol. The number of aryl methyl sites for hydroxylation is 1. The summed E-state index contributed by atoms with van der Waals surface area (Å²) in [5.74, 6) is -0.945. The molecule has 1 spiro atoms. The van der Waals surface area contributed by atoms with E-state index in [0.29, 0.717) is 13.1 Å². The third kappa shape index (κ3) is 3.86. The van der Waals surface area contributed by atoms with Crippen LogP contribution in [0.15, 0.2) is 72.9 Å². The Labute approximate surface area is 205 Å². The number of carbonyl (C=O) groups is 2. The number of aromatic amines is 1. The van der Waals surface area contributed by atoms with Crippen molar-refractivity contribution < 1.29 is 14.3 Å². The number of para-hydroxylation sites is 1. The molecule has 0 radical (unpaired) electrons. The molecular weight excluding hydrogens is 438 g/mol. The van der Waals surface area contributed by atoms with Crippen molar-refractivity contribution in [3.8, 4) is 0 Å². The second kappa shape index (κ2) is 8.68. The van der Waals surface area contributed by atoms with E-state index in [-0.39, 0.29) is 24.0 Å². The number of nitrogens with zero attached hydrogens (tertiary/aromatic N) is 1. The maximum Gasteiger partial charge on any atom is 0.230 e. The zero-order valence-corrected chi connectivity index (χ0v) is 19.9. The summed E-state index contributed by atoms with van der Waals surface area (Å²) in [5.41, 5.74) is 2.89. The summed E-state index contributed by atoms with van der Waals surface area (Å²) in [5, 5.41) is 4.36. The average molecular weight is 470 g/mol. The molecule has 3 aromatic rings. The van der Waals surface area contributed by atoms with Crippen LogP contribution in [-0.2, 0) is 27.2 Å². The lowest BCUT2D eigenvalue weighted by Gasteiger charge is -2.25. The Hall–Kier alpha value is -3.38. The first kappa shape index (κ1) is 22.1. The van der Waals surface area contributed by atoms with Crippen LogP contribution in [0.3, 0.4) is 0 Å². The van der Waals surface area contributed by atoms with Gasteiger partial charge in [-0.1, -0.05) is 60.7 Å². The van der Waals surface area contributed by atoms with Gasteiger partial charge in [-0.3, -0.25) is 9.59 Å². The van der Waals surface area contributed by atoms with Crippen LogP contribution < -0.4 is 5.32 Å². The van der Waals surface area contributed by atoms with E-state index in [1.807, 2.05) is 60.5 Å². The van der Waals surface area contributed by atoms with Crippen LogP contribution in [0.4, 0.5) is 0 Å². The molecule has 3 aliphatic heterocycles. The Kier molecular flexibility index (Phi) is 5.49. The fourth-order valence-corrected chi connectivity index (χ4v) is 6.10. The van der Waals surface area contributed by atoms with Gasteiger partial charge in [0.15, 0.2) is 0 Å². The van der Waals surface area contributed by atoms with Crippen LogP contribution in [0, 0.1) is 11.8 Å². The van der Waals surface area contributed by atoms with E-state index in [1.54, 1.807) is 0 Å². The highest BCUT2D eigenvalue weighted by atomic mass is 16.5. The van der Waals surface area contributed by atoms with Crippen LogP contribution >= 0.6 is 0 Å². The number of hydrogen-bond acceptors (Lipinski definition) is 3. The summed E-state index contributed by atoms with van der Waals surface area (Å²) in [6.45, 7) is 3.16. The number of aromatic nitrogens is 1. The summed E-state index contributed by atoms with van der Waals surface area (Å²) >= 11 is 0. The van der Waals surface area contributed by atoms with Gasteiger partial charge < -0.3 is 19.9 Å². The Morgan fingerprint density at radius 2 is 1.97 bits per heavy atom. The molecule has 6 heteroatoms. The minimum Gasteiger partial charge on any atom is -0.361 e. The topological polar surface area (TPSA) is 74.4 Å². The largest absolute Gasteiger partial charge is 0.361 e. The average Bonchev–Trinajstić information content (AvgIpc) is 3.62. The van der Waals surface area contributed by atoms with Crippen LogP contribution in [0.25, 0.3) is 10.9 Å². The molecule has 2 amide bonds. The molecule has 6 nitrogen and oxygen atoms in total. The van der Waals surface area contributed by atoms with Gasteiger partial charge in [0, 0.05) is 29.7 Å². The Balaban J connectivity index is 1.11. The van der Waals surface area contributed by atoms with Crippen LogP contribution in [0.2, 0.25) is 0 Å². The molecular formula is C29H31N3O3. The third-order valence-electron chi connectivity index (χ3n) is 7.90. The van der Waals surface area contributed by atoms with E-state index in [1.165, 1.54) is 16.5 Å². The van der Waals surface area contributed by atoms with Crippen molar-refractivity contribution in [3.05, 3.63) is 84.1 Å². The van der Waals surface area contributed by atoms with Crippen molar-refractivity contribution in [1.29, 1.82) is 0 Å². The molecule has 5 atom stereocenters. The van der Waals surface area contributed by atoms with Crippen molar-refractivity contribution in [2.45, 2.75) is 43.9 Å². The van der Waals surface area contributed by atoms with E-state index in [2.05, 4.69) is 34.6 Å². The number of hydrogen-bond donors (Lipinski definition) is 2. The number of amides is 2. The maximum atomic E-state index is 13.5. The minimum absolute atomic E-state index is 0.0243. The molecule has 1 aromatic heterocycles. The van der Waals surface area contributed by atoms with E-state index < -0.39 is 17.4 Å². The van der Waals surface area contributed by atoms with E-state index in [0.717, 1.165) is 24.8 Å². The van der Waals surface area contributed by atoms with Crippen molar-refractivity contribution in [2.24, 2.45) is 11.8 Å². The molecule has 2 bridgehead atoms. The van der Waals surface area contributed by atoms with Crippen molar-refractivity contribution in [1.82, 2.24) is 15.2 Å². The SMILES string of the molecule is C[C@H](CCc1ccccc1)NC(=O)[C@@H]1[C@H]2C(=O)N(CCc3c[nH]c4ccccc34)C[C@@]23C=C[C@H]1O3. The Morgan fingerprint density at radius 1 is 1.17 bits per heavy atom. The van der Waals surface area contributed by atoms with Gasteiger partial charge in [0.1, 0.15) is 5.60 Å². The Morgan fingerprint density at radius 3 is 2.83 bits per heavy atom. The van der Waals surface area contributed by atoms with Gasteiger partial charge in [-0.05, 0) is 43.4 Å². The number of nitrogens with one attached hydrogen (secondary N) is 2. The molecule has 0 aliphatic carbocycles. The third-order valence-corrected chi connectivity index (χ3v) is 7.90. The number of ether oxygens (including phenoxy) is 1. The number of fused-ring (bicyclic) bond motifs is 2. The van der Waals surface area contributed by atoms with Gasteiger partial charge in [0.05, 0.1) is 24.5 Å². The molecule has 0 unspecified atom stereocenters. The molecule has 2 fully saturated rings. The maximum absolute atomic E-state index is 13.5. The highest BCUT2D eigenvalue weighted by molar-refractivity contribution is 5.93. The molecule has 2 saturated heterocycles. The number of rotatable bonds is 8. The quantitative estimate of drug-likeness (QED) is 0.495. The molecule has 0 saturated carbocycles. The normalized spacial score (nSPS) is 27.5. The summed E-state index contributed by atoms with van der Waals surface area (Å²) in [6.07, 6.45) is 8.23.